The van der Waals surface area contributed by atoms with Crippen LogP contribution in [-0.2, 0) is 0 Å². The highest BCUT2D eigenvalue weighted by atomic mass is 16.7. The maximum absolute atomic E-state index is 12.3. The maximum atomic E-state index is 12.3. The summed E-state index contributed by atoms with van der Waals surface area (Å²) in [6, 6.07) is 11.5. The van der Waals surface area contributed by atoms with Crippen molar-refractivity contribution in [2.24, 2.45) is 0 Å². The average molecular weight is 352 g/mol. The van der Waals surface area contributed by atoms with Gasteiger partial charge >= 0.3 is 0 Å². The van der Waals surface area contributed by atoms with Crippen LogP contribution >= 0.6 is 0 Å². The van der Waals surface area contributed by atoms with Gasteiger partial charge < -0.3 is 19.7 Å². The molecule has 2 aromatic rings. The quantitative estimate of drug-likeness (QED) is 0.592. The monoisotopic (exact) mass is 352 g/mol. The summed E-state index contributed by atoms with van der Waals surface area (Å²) in [4.78, 5) is 14.6. The number of carbonyl (C=O) groups excluding carboxylic acids is 1. The molecule has 0 unspecified atom stereocenters. The van der Waals surface area contributed by atoms with Crippen molar-refractivity contribution < 1.29 is 14.3 Å². The standard InChI is InChI=1S/C21H24N2O3/c1-4-23(5-2)17-7-8-18(15(3)12-17)22-11-10-19(24)16-6-9-20-21(13-16)26-14-25-20/h6-13,22H,4-5,14H2,1-3H3/b11-10+. The van der Waals surface area contributed by atoms with Crippen molar-refractivity contribution >= 4 is 17.2 Å². The first kappa shape index (κ1) is 17.9. The number of anilines is 2. The van der Waals surface area contributed by atoms with Gasteiger partial charge in [-0.3, -0.25) is 4.79 Å². The van der Waals surface area contributed by atoms with E-state index in [-0.39, 0.29) is 12.6 Å². The molecule has 0 spiro atoms. The van der Waals surface area contributed by atoms with Crippen LogP contribution in [0.25, 0.3) is 0 Å². The third kappa shape index (κ3) is 3.82. The van der Waals surface area contributed by atoms with Gasteiger partial charge in [-0.05, 0) is 62.7 Å². The van der Waals surface area contributed by atoms with E-state index in [1.807, 2.05) is 6.07 Å². The van der Waals surface area contributed by atoms with Gasteiger partial charge in [0, 0.05) is 42.3 Å². The van der Waals surface area contributed by atoms with Crippen molar-refractivity contribution in [3.63, 3.8) is 0 Å². The Morgan fingerprint density at radius 2 is 1.88 bits per heavy atom. The zero-order valence-corrected chi connectivity index (χ0v) is 15.4. The number of aryl methyl sites for hydroxylation is 1. The number of nitrogens with zero attached hydrogens (tertiary/aromatic N) is 1. The number of allylic oxidation sites excluding steroid dienone is 1. The molecule has 2 aromatic carbocycles. The van der Waals surface area contributed by atoms with E-state index >= 15 is 0 Å². The first-order valence-electron chi connectivity index (χ1n) is 8.85. The molecular formula is C21H24N2O3. The Kier molecular flexibility index (Phi) is 5.46. The highest BCUT2D eigenvalue weighted by Crippen LogP contribution is 2.32. The molecule has 3 rings (SSSR count). The summed E-state index contributed by atoms with van der Waals surface area (Å²) in [7, 11) is 0. The lowest BCUT2D eigenvalue weighted by molar-refractivity contribution is 0.104. The molecular weight excluding hydrogens is 328 g/mol. The number of rotatable bonds is 7. The van der Waals surface area contributed by atoms with Crippen LogP contribution in [0.1, 0.15) is 29.8 Å². The number of benzene rings is 2. The summed E-state index contributed by atoms with van der Waals surface area (Å²) in [6.07, 6.45) is 3.20. The highest BCUT2D eigenvalue weighted by molar-refractivity contribution is 6.05. The van der Waals surface area contributed by atoms with Crippen molar-refractivity contribution in [3.05, 3.63) is 59.8 Å². The molecule has 0 saturated carbocycles. The fourth-order valence-electron chi connectivity index (χ4n) is 2.95. The van der Waals surface area contributed by atoms with Crippen LogP contribution in [0.3, 0.4) is 0 Å². The molecule has 0 bridgehead atoms. The number of ketones is 1. The van der Waals surface area contributed by atoms with Crippen molar-refractivity contribution in [1.29, 1.82) is 0 Å². The predicted octanol–water partition coefficient (Wildman–Crippen LogP) is 4.38. The van der Waals surface area contributed by atoms with Gasteiger partial charge in [-0.2, -0.15) is 0 Å². The van der Waals surface area contributed by atoms with E-state index < -0.39 is 0 Å². The number of carbonyl (C=O) groups is 1. The molecule has 0 amide bonds. The number of ether oxygens (including phenoxy) is 2. The molecule has 5 heteroatoms. The molecule has 5 nitrogen and oxygen atoms in total. The van der Waals surface area contributed by atoms with Crippen molar-refractivity contribution in [3.8, 4) is 11.5 Å². The molecule has 1 aliphatic heterocycles. The third-order valence-corrected chi connectivity index (χ3v) is 4.47. The second-order valence-corrected chi connectivity index (χ2v) is 6.08. The lowest BCUT2D eigenvalue weighted by Crippen LogP contribution is -2.21. The zero-order valence-electron chi connectivity index (χ0n) is 15.4. The van der Waals surface area contributed by atoms with E-state index in [2.05, 4.69) is 43.1 Å². The summed E-state index contributed by atoms with van der Waals surface area (Å²) < 4.78 is 10.6. The summed E-state index contributed by atoms with van der Waals surface area (Å²) in [5.41, 5.74) is 3.89. The van der Waals surface area contributed by atoms with Crippen LogP contribution in [0.5, 0.6) is 11.5 Å². The third-order valence-electron chi connectivity index (χ3n) is 4.47. The Labute approximate surface area is 154 Å². The van der Waals surface area contributed by atoms with E-state index in [0.717, 1.165) is 24.3 Å². The lowest BCUT2D eigenvalue weighted by Gasteiger charge is -2.22. The predicted molar refractivity (Wildman–Crippen MR) is 104 cm³/mol. The molecule has 1 aliphatic rings. The Hall–Kier alpha value is -2.95. The van der Waals surface area contributed by atoms with Gasteiger partial charge in [-0.1, -0.05) is 0 Å². The van der Waals surface area contributed by atoms with E-state index in [0.29, 0.717) is 17.1 Å². The Morgan fingerprint density at radius 3 is 2.62 bits per heavy atom. The molecule has 26 heavy (non-hydrogen) atoms. The number of nitrogens with one attached hydrogen (secondary N) is 1. The molecule has 0 aliphatic carbocycles. The van der Waals surface area contributed by atoms with E-state index in [1.54, 1.807) is 24.4 Å². The average Bonchev–Trinajstić information content (AvgIpc) is 3.12. The fraction of sp³-hybridized carbons (Fsp3) is 0.286. The van der Waals surface area contributed by atoms with Crippen LogP contribution in [-0.4, -0.2) is 25.7 Å². The Balaban J connectivity index is 1.65. The molecule has 1 N–H and O–H groups in total. The summed E-state index contributed by atoms with van der Waals surface area (Å²) >= 11 is 0. The van der Waals surface area contributed by atoms with Crippen LogP contribution in [0.15, 0.2) is 48.7 Å². The summed E-state index contributed by atoms with van der Waals surface area (Å²) in [6.45, 7) is 8.51. The van der Waals surface area contributed by atoms with Gasteiger partial charge in [0.25, 0.3) is 0 Å². The minimum atomic E-state index is -0.0896. The Bertz CT molecular complexity index is 826. The minimum absolute atomic E-state index is 0.0896. The molecule has 0 atom stereocenters. The largest absolute Gasteiger partial charge is 0.454 e. The zero-order chi connectivity index (χ0) is 18.5. The molecule has 0 saturated heterocycles. The highest BCUT2D eigenvalue weighted by Gasteiger charge is 2.15. The second kappa shape index (κ2) is 7.95. The first-order valence-corrected chi connectivity index (χ1v) is 8.85. The van der Waals surface area contributed by atoms with Gasteiger partial charge in [0.1, 0.15) is 0 Å². The molecule has 0 aromatic heterocycles. The van der Waals surface area contributed by atoms with Crippen LogP contribution in [0.4, 0.5) is 11.4 Å². The number of fused-ring (bicyclic) bond motifs is 1. The first-order chi connectivity index (χ1) is 12.6. The van der Waals surface area contributed by atoms with Crippen molar-refractivity contribution in [1.82, 2.24) is 0 Å². The van der Waals surface area contributed by atoms with Gasteiger partial charge in [0.05, 0.1) is 0 Å². The van der Waals surface area contributed by atoms with E-state index in [9.17, 15) is 4.79 Å². The Morgan fingerprint density at radius 1 is 1.12 bits per heavy atom. The van der Waals surface area contributed by atoms with Crippen LogP contribution < -0.4 is 19.7 Å². The SMILES string of the molecule is CCN(CC)c1ccc(N/C=C/C(=O)c2ccc3c(c2)OCO3)c(C)c1. The van der Waals surface area contributed by atoms with Crippen LogP contribution in [0, 0.1) is 6.92 Å². The van der Waals surface area contributed by atoms with Gasteiger partial charge in [0.2, 0.25) is 6.79 Å². The molecule has 1 heterocycles. The smallest absolute Gasteiger partial charge is 0.231 e. The minimum Gasteiger partial charge on any atom is -0.454 e. The molecule has 0 radical (unpaired) electrons. The van der Waals surface area contributed by atoms with Crippen molar-refractivity contribution in [2.75, 3.05) is 30.1 Å². The lowest BCUT2D eigenvalue weighted by atomic mass is 10.1. The summed E-state index contributed by atoms with van der Waals surface area (Å²) in [5.74, 6) is 1.20. The normalized spacial score (nSPS) is 12.4. The van der Waals surface area contributed by atoms with Gasteiger partial charge in [-0.15, -0.1) is 0 Å². The fourth-order valence-corrected chi connectivity index (χ4v) is 2.95. The molecule has 0 fully saturated rings. The second-order valence-electron chi connectivity index (χ2n) is 6.08. The number of hydrogen-bond donors (Lipinski definition) is 1. The van der Waals surface area contributed by atoms with E-state index in [1.165, 1.54) is 11.8 Å². The topological polar surface area (TPSA) is 50.8 Å². The van der Waals surface area contributed by atoms with E-state index in [4.69, 9.17) is 9.47 Å². The number of hydrogen-bond acceptors (Lipinski definition) is 5. The maximum Gasteiger partial charge on any atom is 0.231 e. The molecule has 136 valence electrons. The van der Waals surface area contributed by atoms with Crippen LogP contribution in [0.2, 0.25) is 0 Å². The van der Waals surface area contributed by atoms with Gasteiger partial charge in [0.15, 0.2) is 17.3 Å². The van der Waals surface area contributed by atoms with Gasteiger partial charge in [-0.25, -0.2) is 0 Å². The summed E-state index contributed by atoms with van der Waals surface area (Å²) in [5, 5.41) is 3.19. The van der Waals surface area contributed by atoms with Crippen molar-refractivity contribution in [2.45, 2.75) is 20.8 Å².